The highest BCUT2D eigenvalue weighted by atomic mass is 16.1. The highest BCUT2D eigenvalue weighted by molar-refractivity contribution is 5.78. The maximum absolute atomic E-state index is 10.7. The van der Waals surface area contributed by atoms with E-state index in [0.717, 1.165) is 23.2 Å². The van der Waals surface area contributed by atoms with Gasteiger partial charge in [0.1, 0.15) is 0 Å². The summed E-state index contributed by atoms with van der Waals surface area (Å²) in [6.45, 7) is 1.89. The fraction of sp³-hybridized carbons (Fsp3) is 0.556. The molecule has 1 aromatic heterocycles. The lowest BCUT2D eigenvalue weighted by Gasteiger charge is -2.23. The van der Waals surface area contributed by atoms with Gasteiger partial charge >= 0.3 is 0 Å². The number of aryl methyl sites for hydroxylation is 1. The van der Waals surface area contributed by atoms with Gasteiger partial charge in [-0.2, -0.15) is 5.10 Å². The number of nitrogens with zero attached hydrogens (tertiary/aromatic N) is 1. The molecule has 0 saturated heterocycles. The summed E-state index contributed by atoms with van der Waals surface area (Å²) in [5, 5.41) is 7.01. The van der Waals surface area contributed by atoms with Gasteiger partial charge in [-0.1, -0.05) is 6.42 Å². The monoisotopic (exact) mass is 164 g/mol. The third kappa shape index (κ3) is 0.967. The topological polar surface area (TPSA) is 45.8 Å². The van der Waals surface area contributed by atoms with Crippen molar-refractivity contribution in [2.75, 3.05) is 0 Å². The molecule has 0 aliphatic heterocycles. The number of carbonyl (C=O) groups is 1. The zero-order valence-corrected chi connectivity index (χ0v) is 7.13. The molecule has 3 heteroatoms. The first-order valence-corrected chi connectivity index (χ1v) is 4.33. The van der Waals surface area contributed by atoms with Crippen LogP contribution in [0.3, 0.4) is 0 Å². The van der Waals surface area contributed by atoms with E-state index in [1.165, 1.54) is 19.3 Å². The third-order valence-corrected chi connectivity index (χ3v) is 2.63. The summed E-state index contributed by atoms with van der Waals surface area (Å²) in [7, 11) is 0. The SMILES string of the molecule is Cc1[nH]nc(C2CCC2)c1C=O. The van der Waals surface area contributed by atoms with Crippen LogP contribution in [-0.2, 0) is 0 Å². The average molecular weight is 164 g/mol. The Kier molecular flexibility index (Phi) is 1.71. The Morgan fingerprint density at radius 2 is 2.33 bits per heavy atom. The van der Waals surface area contributed by atoms with Gasteiger partial charge in [0.15, 0.2) is 6.29 Å². The molecule has 0 unspecified atom stereocenters. The molecule has 1 fully saturated rings. The quantitative estimate of drug-likeness (QED) is 0.677. The Hall–Kier alpha value is -1.12. The number of aldehydes is 1. The second-order valence-corrected chi connectivity index (χ2v) is 3.39. The van der Waals surface area contributed by atoms with Crippen LogP contribution in [0.15, 0.2) is 0 Å². The fourth-order valence-corrected chi connectivity index (χ4v) is 1.60. The minimum Gasteiger partial charge on any atom is -0.298 e. The molecule has 1 heterocycles. The number of hydrogen-bond acceptors (Lipinski definition) is 2. The summed E-state index contributed by atoms with van der Waals surface area (Å²) in [4.78, 5) is 10.7. The van der Waals surface area contributed by atoms with E-state index in [1.54, 1.807) is 0 Å². The van der Waals surface area contributed by atoms with Gasteiger partial charge in [-0.25, -0.2) is 0 Å². The van der Waals surface area contributed by atoms with Crippen molar-refractivity contribution in [2.45, 2.75) is 32.1 Å². The van der Waals surface area contributed by atoms with E-state index in [9.17, 15) is 4.79 Å². The molecule has 0 bridgehead atoms. The summed E-state index contributed by atoms with van der Waals surface area (Å²) in [5.41, 5.74) is 2.65. The van der Waals surface area contributed by atoms with Crippen LogP contribution in [-0.4, -0.2) is 16.5 Å². The highest BCUT2D eigenvalue weighted by Gasteiger charge is 2.25. The van der Waals surface area contributed by atoms with Crippen LogP contribution >= 0.6 is 0 Å². The van der Waals surface area contributed by atoms with Gasteiger partial charge in [0.2, 0.25) is 0 Å². The Bertz CT molecular complexity index is 299. The first kappa shape index (κ1) is 7.53. The van der Waals surface area contributed by atoms with E-state index >= 15 is 0 Å². The molecular weight excluding hydrogens is 152 g/mol. The lowest BCUT2D eigenvalue weighted by molar-refractivity contribution is 0.112. The molecule has 0 spiro atoms. The van der Waals surface area contributed by atoms with Crippen molar-refractivity contribution in [3.05, 3.63) is 17.0 Å². The van der Waals surface area contributed by atoms with Gasteiger partial charge in [-0.3, -0.25) is 9.89 Å². The lowest BCUT2D eigenvalue weighted by atomic mass is 9.81. The molecule has 2 rings (SSSR count). The normalized spacial score (nSPS) is 17.4. The minimum atomic E-state index is 0.537. The third-order valence-electron chi connectivity index (χ3n) is 2.63. The predicted molar refractivity (Wildman–Crippen MR) is 45.3 cm³/mol. The number of rotatable bonds is 2. The molecule has 0 radical (unpaired) electrons. The van der Waals surface area contributed by atoms with E-state index in [4.69, 9.17) is 0 Å². The van der Waals surface area contributed by atoms with Crippen molar-refractivity contribution in [3.63, 3.8) is 0 Å². The van der Waals surface area contributed by atoms with Gasteiger partial charge < -0.3 is 0 Å². The lowest BCUT2D eigenvalue weighted by Crippen LogP contribution is -2.11. The molecule has 1 aliphatic carbocycles. The van der Waals surface area contributed by atoms with E-state index in [1.807, 2.05) is 6.92 Å². The number of nitrogens with one attached hydrogen (secondary N) is 1. The fourth-order valence-electron chi connectivity index (χ4n) is 1.60. The highest BCUT2D eigenvalue weighted by Crippen LogP contribution is 2.36. The van der Waals surface area contributed by atoms with Crippen LogP contribution in [0.25, 0.3) is 0 Å². The van der Waals surface area contributed by atoms with Gasteiger partial charge in [-0.15, -0.1) is 0 Å². The van der Waals surface area contributed by atoms with Crippen molar-refractivity contribution >= 4 is 6.29 Å². The Morgan fingerprint density at radius 3 is 2.83 bits per heavy atom. The van der Waals surface area contributed by atoms with Gasteiger partial charge in [0.25, 0.3) is 0 Å². The van der Waals surface area contributed by atoms with Crippen LogP contribution in [0, 0.1) is 6.92 Å². The van der Waals surface area contributed by atoms with E-state index in [-0.39, 0.29) is 0 Å². The maximum atomic E-state index is 10.7. The Balaban J connectivity index is 2.35. The van der Waals surface area contributed by atoms with E-state index in [2.05, 4.69) is 10.2 Å². The summed E-state index contributed by atoms with van der Waals surface area (Å²) >= 11 is 0. The molecule has 1 aliphatic rings. The van der Waals surface area contributed by atoms with Crippen molar-refractivity contribution in [2.24, 2.45) is 0 Å². The smallest absolute Gasteiger partial charge is 0.153 e. The van der Waals surface area contributed by atoms with Gasteiger partial charge in [0.05, 0.1) is 11.3 Å². The summed E-state index contributed by atoms with van der Waals surface area (Å²) < 4.78 is 0. The minimum absolute atomic E-state index is 0.537. The molecule has 1 saturated carbocycles. The van der Waals surface area contributed by atoms with Crippen molar-refractivity contribution in [3.8, 4) is 0 Å². The number of carbonyl (C=O) groups excluding carboxylic acids is 1. The zero-order chi connectivity index (χ0) is 8.55. The maximum Gasteiger partial charge on any atom is 0.153 e. The van der Waals surface area contributed by atoms with E-state index < -0.39 is 0 Å². The molecule has 0 aromatic carbocycles. The second-order valence-electron chi connectivity index (χ2n) is 3.39. The Morgan fingerprint density at radius 1 is 1.58 bits per heavy atom. The van der Waals surface area contributed by atoms with Gasteiger partial charge in [0, 0.05) is 11.6 Å². The Labute approximate surface area is 71.2 Å². The van der Waals surface area contributed by atoms with Gasteiger partial charge in [-0.05, 0) is 19.8 Å². The zero-order valence-electron chi connectivity index (χ0n) is 7.13. The van der Waals surface area contributed by atoms with Crippen LogP contribution in [0.1, 0.15) is 46.9 Å². The molecule has 0 amide bonds. The molecule has 64 valence electrons. The molecule has 1 aromatic rings. The van der Waals surface area contributed by atoms with Crippen LogP contribution in [0.2, 0.25) is 0 Å². The van der Waals surface area contributed by atoms with Crippen LogP contribution < -0.4 is 0 Å². The summed E-state index contributed by atoms with van der Waals surface area (Å²) in [5.74, 6) is 0.537. The van der Waals surface area contributed by atoms with E-state index in [0.29, 0.717) is 5.92 Å². The van der Waals surface area contributed by atoms with Crippen molar-refractivity contribution in [1.82, 2.24) is 10.2 Å². The predicted octanol–water partition coefficient (Wildman–Crippen LogP) is 1.80. The molecule has 1 N–H and O–H groups in total. The number of aromatic nitrogens is 2. The summed E-state index contributed by atoms with van der Waals surface area (Å²) in [6, 6.07) is 0. The largest absolute Gasteiger partial charge is 0.298 e. The first-order chi connectivity index (χ1) is 5.83. The molecule has 0 atom stereocenters. The number of H-pyrrole nitrogens is 1. The number of aromatic amines is 1. The molecular formula is C9H12N2O. The summed E-state index contributed by atoms with van der Waals surface area (Å²) in [6.07, 6.45) is 4.55. The average Bonchev–Trinajstić information content (AvgIpc) is 2.29. The van der Waals surface area contributed by atoms with Crippen molar-refractivity contribution < 1.29 is 4.79 Å². The molecule has 3 nitrogen and oxygen atoms in total. The number of hydrogen-bond donors (Lipinski definition) is 1. The standard InChI is InChI=1S/C9H12N2O/c1-6-8(5-12)9(11-10-6)7-3-2-4-7/h5,7H,2-4H2,1H3,(H,10,11). The van der Waals surface area contributed by atoms with Crippen LogP contribution in [0.4, 0.5) is 0 Å². The molecule has 12 heavy (non-hydrogen) atoms. The first-order valence-electron chi connectivity index (χ1n) is 4.33. The van der Waals surface area contributed by atoms with Crippen LogP contribution in [0.5, 0.6) is 0 Å². The van der Waals surface area contributed by atoms with Crippen molar-refractivity contribution in [1.29, 1.82) is 0 Å². The second kappa shape index (κ2) is 2.73.